The molecule has 1 fully saturated rings. The highest BCUT2D eigenvalue weighted by atomic mass is 15.0. The van der Waals surface area contributed by atoms with E-state index < -0.39 is 0 Å². The third-order valence-corrected chi connectivity index (χ3v) is 4.31. The van der Waals surface area contributed by atoms with Gasteiger partial charge in [-0.25, -0.2) is 4.98 Å². The third-order valence-electron chi connectivity index (χ3n) is 4.31. The Bertz CT molecular complexity index is 337. The maximum Gasteiger partial charge on any atom is 0.120 e. The molecule has 2 unspecified atom stereocenters. The average molecular weight is 249 g/mol. The second-order valence-electron chi connectivity index (χ2n) is 6.68. The first-order chi connectivity index (χ1) is 8.55. The van der Waals surface area contributed by atoms with Gasteiger partial charge < -0.3 is 10.3 Å². The molecule has 3 heteroatoms. The Morgan fingerprint density at radius 3 is 2.78 bits per heavy atom. The molecule has 1 aliphatic carbocycles. The zero-order chi connectivity index (χ0) is 13.0. The highest BCUT2D eigenvalue weighted by molar-refractivity contribution is 4.88. The van der Waals surface area contributed by atoms with Gasteiger partial charge in [0.05, 0.1) is 6.54 Å². The number of hydrogen-bond acceptors (Lipinski definition) is 2. The summed E-state index contributed by atoms with van der Waals surface area (Å²) in [5.74, 6) is 1.93. The molecule has 0 amide bonds. The zero-order valence-electron chi connectivity index (χ0n) is 12.0. The minimum atomic E-state index is 0.468. The molecule has 2 N–H and O–H groups in total. The summed E-state index contributed by atoms with van der Waals surface area (Å²) < 4.78 is 0. The smallest absolute Gasteiger partial charge is 0.120 e. The second-order valence-corrected chi connectivity index (χ2v) is 6.68. The molecule has 1 saturated carbocycles. The molecule has 0 spiro atoms. The molecule has 0 saturated heterocycles. The van der Waals surface area contributed by atoms with Crippen molar-refractivity contribution in [3.05, 3.63) is 18.2 Å². The summed E-state index contributed by atoms with van der Waals surface area (Å²) in [6.45, 7) is 8.02. The molecule has 1 heterocycles. The minimum Gasteiger partial charge on any atom is -0.348 e. The van der Waals surface area contributed by atoms with Gasteiger partial charge in [0, 0.05) is 18.4 Å². The van der Waals surface area contributed by atoms with E-state index >= 15 is 0 Å². The number of H-pyrrole nitrogens is 1. The molecule has 0 bridgehead atoms. The van der Waals surface area contributed by atoms with Gasteiger partial charge in [0.15, 0.2) is 0 Å². The first kappa shape index (κ1) is 13.6. The molecule has 3 nitrogen and oxygen atoms in total. The summed E-state index contributed by atoms with van der Waals surface area (Å²) in [6, 6.07) is 0.669. The van der Waals surface area contributed by atoms with E-state index in [-0.39, 0.29) is 0 Å². The second kappa shape index (κ2) is 5.87. The number of hydrogen-bond donors (Lipinski definition) is 2. The van der Waals surface area contributed by atoms with Crippen LogP contribution in [0, 0.1) is 11.3 Å². The lowest BCUT2D eigenvalue weighted by atomic mass is 9.76. The summed E-state index contributed by atoms with van der Waals surface area (Å²) >= 11 is 0. The molecule has 18 heavy (non-hydrogen) atoms. The van der Waals surface area contributed by atoms with Crippen molar-refractivity contribution in [2.45, 2.75) is 65.5 Å². The van der Waals surface area contributed by atoms with Gasteiger partial charge in [0.1, 0.15) is 5.82 Å². The lowest BCUT2D eigenvalue weighted by Gasteiger charge is -2.29. The van der Waals surface area contributed by atoms with Gasteiger partial charge in [0.25, 0.3) is 0 Å². The highest BCUT2D eigenvalue weighted by Gasteiger charge is 2.27. The van der Waals surface area contributed by atoms with Gasteiger partial charge in [-0.2, -0.15) is 0 Å². The fourth-order valence-electron chi connectivity index (χ4n) is 3.01. The lowest BCUT2D eigenvalue weighted by Crippen LogP contribution is -2.28. The Morgan fingerprint density at radius 1 is 1.28 bits per heavy atom. The molecule has 1 aliphatic rings. The first-order valence-electron chi connectivity index (χ1n) is 7.27. The Kier molecular flexibility index (Phi) is 4.44. The van der Waals surface area contributed by atoms with Gasteiger partial charge >= 0.3 is 0 Å². The van der Waals surface area contributed by atoms with Crippen molar-refractivity contribution in [2.24, 2.45) is 11.3 Å². The Hall–Kier alpha value is -0.830. The standard InChI is InChI=1S/C15H27N3/c1-15(2,3)12-5-4-6-13(8-7-12)18-11-14-16-9-10-17-14/h9-10,12-13,18H,4-8,11H2,1-3H3,(H,16,17). The topological polar surface area (TPSA) is 40.7 Å². The van der Waals surface area contributed by atoms with Crippen LogP contribution >= 0.6 is 0 Å². The summed E-state index contributed by atoms with van der Waals surface area (Å²) in [7, 11) is 0. The lowest BCUT2D eigenvalue weighted by molar-refractivity contribution is 0.213. The van der Waals surface area contributed by atoms with E-state index in [0.717, 1.165) is 18.3 Å². The SMILES string of the molecule is CC(C)(C)C1CCCC(NCc2ncc[nH]2)CC1. The van der Waals surface area contributed by atoms with E-state index in [1.807, 2.05) is 12.4 Å². The van der Waals surface area contributed by atoms with Gasteiger partial charge in [0.2, 0.25) is 0 Å². The van der Waals surface area contributed by atoms with Gasteiger partial charge in [-0.3, -0.25) is 0 Å². The predicted molar refractivity (Wildman–Crippen MR) is 75.2 cm³/mol. The minimum absolute atomic E-state index is 0.468. The average Bonchev–Trinajstić information content (AvgIpc) is 2.69. The van der Waals surface area contributed by atoms with Crippen LogP contribution in [-0.2, 0) is 6.54 Å². The molecular formula is C15H27N3. The van der Waals surface area contributed by atoms with Crippen molar-refractivity contribution in [2.75, 3.05) is 0 Å². The maximum absolute atomic E-state index is 4.26. The van der Waals surface area contributed by atoms with E-state index in [4.69, 9.17) is 0 Å². The maximum atomic E-state index is 4.26. The van der Waals surface area contributed by atoms with Crippen LogP contribution in [-0.4, -0.2) is 16.0 Å². The Morgan fingerprint density at radius 2 is 2.11 bits per heavy atom. The Balaban J connectivity index is 1.78. The van der Waals surface area contributed by atoms with Crippen LogP contribution in [0.5, 0.6) is 0 Å². The third kappa shape index (κ3) is 3.84. The van der Waals surface area contributed by atoms with E-state index in [1.54, 1.807) is 0 Å². The largest absolute Gasteiger partial charge is 0.348 e. The molecule has 0 aromatic carbocycles. The van der Waals surface area contributed by atoms with Gasteiger partial charge in [-0.05, 0) is 37.0 Å². The normalized spacial score (nSPS) is 25.9. The van der Waals surface area contributed by atoms with Crippen molar-refractivity contribution in [1.82, 2.24) is 15.3 Å². The Labute approximate surface area is 111 Å². The fourth-order valence-corrected chi connectivity index (χ4v) is 3.01. The van der Waals surface area contributed by atoms with Crippen molar-refractivity contribution in [1.29, 1.82) is 0 Å². The van der Waals surface area contributed by atoms with Crippen LogP contribution < -0.4 is 5.32 Å². The van der Waals surface area contributed by atoms with Crippen LogP contribution in [0.15, 0.2) is 12.4 Å². The summed E-state index contributed by atoms with van der Waals surface area (Å²) in [6.07, 6.45) is 10.4. The molecular weight excluding hydrogens is 222 g/mol. The van der Waals surface area contributed by atoms with Crippen LogP contribution in [0.2, 0.25) is 0 Å². The first-order valence-corrected chi connectivity index (χ1v) is 7.27. The van der Waals surface area contributed by atoms with Crippen LogP contribution in [0.1, 0.15) is 58.7 Å². The van der Waals surface area contributed by atoms with E-state index in [9.17, 15) is 0 Å². The zero-order valence-corrected chi connectivity index (χ0v) is 12.0. The fraction of sp³-hybridized carbons (Fsp3) is 0.800. The van der Waals surface area contributed by atoms with Gasteiger partial charge in [-0.15, -0.1) is 0 Å². The van der Waals surface area contributed by atoms with Crippen molar-refractivity contribution in [3.63, 3.8) is 0 Å². The monoisotopic (exact) mass is 249 g/mol. The van der Waals surface area contributed by atoms with Crippen molar-refractivity contribution < 1.29 is 0 Å². The van der Waals surface area contributed by atoms with E-state index in [1.165, 1.54) is 32.1 Å². The van der Waals surface area contributed by atoms with Crippen molar-refractivity contribution in [3.8, 4) is 0 Å². The number of nitrogens with zero attached hydrogens (tertiary/aromatic N) is 1. The molecule has 102 valence electrons. The molecule has 2 atom stereocenters. The number of aromatic amines is 1. The summed E-state index contributed by atoms with van der Waals surface area (Å²) in [4.78, 5) is 7.41. The summed E-state index contributed by atoms with van der Waals surface area (Å²) in [5.41, 5.74) is 0.468. The number of rotatable bonds is 3. The molecule has 2 rings (SSSR count). The van der Waals surface area contributed by atoms with E-state index in [2.05, 4.69) is 36.1 Å². The van der Waals surface area contributed by atoms with Crippen molar-refractivity contribution >= 4 is 0 Å². The predicted octanol–water partition coefficient (Wildman–Crippen LogP) is 3.49. The van der Waals surface area contributed by atoms with Crippen LogP contribution in [0.25, 0.3) is 0 Å². The molecule has 1 aromatic heterocycles. The van der Waals surface area contributed by atoms with Crippen LogP contribution in [0.3, 0.4) is 0 Å². The highest BCUT2D eigenvalue weighted by Crippen LogP contribution is 2.36. The summed E-state index contributed by atoms with van der Waals surface area (Å²) in [5, 5.41) is 3.64. The number of imidazole rings is 1. The van der Waals surface area contributed by atoms with Gasteiger partial charge in [-0.1, -0.05) is 27.2 Å². The quantitative estimate of drug-likeness (QED) is 0.805. The molecule has 1 aromatic rings. The van der Waals surface area contributed by atoms with E-state index in [0.29, 0.717) is 11.5 Å². The van der Waals surface area contributed by atoms with Crippen LogP contribution in [0.4, 0.5) is 0 Å². The number of nitrogens with one attached hydrogen (secondary N) is 2. The number of aromatic nitrogens is 2. The molecule has 0 radical (unpaired) electrons. The molecule has 0 aliphatic heterocycles.